The molecule has 9 nitrogen and oxygen atoms in total. The van der Waals surface area contributed by atoms with E-state index in [4.69, 9.17) is 4.74 Å². The smallest absolute Gasteiger partial charge is 0.309 e. The Hall–Kier alpha value is -4.53. The van der Waals surface area contributed by atoms with Gasteiger partial charge in [0.1, 0.15) is 5.82 Å². The fourth-order valence-electron chi connectivity index (χ4n) is 4.19. The number of piperidine rings is 1. The second-order valence-electron chi connectivity index (χ2n) is 8.49. The van der Waals surface area contributed by atoms with Crippen LogP contribution in [0.1, 0.15) is 12.8 Å². The molecular weight excluding hydrogens is 456 g/mol. The maximum atomic E-state index is 12.7. The number of para-hydroxylation sites is 1. The van der Waals surface area contributed by atoms with Crippen molar-refractivity contribution in [1.29, 1.82) is 0 Å². The minimum atomic E-state index is -0.421. The number of nitrogens with one attached hydrogen (secondary N) is 1. The second-order valence-corrected chi connectivity index (χ2v) is 8.49. The van der Waals surface area contributed by atoms with E-state index < -0.39 is 5.91 Å². The van der Waals surface area contributed by atoms with E-state index in [-0.39, 0.29) is 18.5 Å². The Balaban J connectivity index is 1.20. The van der Waals surface area contributed by atoms with Crippen molar-refractivity contribution in [3.63, 3.8) is 0 Å². The Bertz CT molecular complexity index is 1300. The number of hydrogen-bond acceptors (Lipinski definition) is 7. The summed E-state index contributed by atoms with van der Waals surface area (Å²) in [5.74, 6) is 0.124. The lowest BCUT2D eigenvalue weighted by Gasteiger charge is -2.30. The van der Waals surface area contributed by atoms with Gasteiger partial charge in [0, 0.05) is 37.1 Å². The number of benzene rings is 2. The molecule has 4 aromatic rings. The normalized spacial score (nSPS) is 13.8. The minimum Gasteiger partial charge on any atom is -0.455 e. The van der Waals surface area contributed by atoms with E-state index in [1.165, 1.54) is 0 Å². The Morgan fingerprint density at radius 2 is 1.58 bits per heavy atom. The molecule has 1 aliphatic rings. The van der Waals surface area contributed by atoms with Gasteiger partial charge in [-0.15, -0.1) is 0 Å². The first-order valence-electron chi connectivity index (χ1n) is 11.9. The molecule has 3 heterocycles. The van der Waals surface area contributed by atoms with Crippen molar-refractivity contribution in [2.75, 3.05) is 29.9 Å². The fourth-order valence-corrected chi connectivity index (χ4v) is 4.19. The van der Waals surface area contributed by atoms with Gasteiger partial charge in [-0.3, -0.25) is 9.59 Å². The summed E-state index contributed by atoms with van der Waals surface area (Å²) >= 11 is 0. The van der Waals surface area contributed by atoms with E-state index in [1.807, 2.05) is 71.6 Å². The summed E-state index contributed by atoms with van der Waals surface area (Å²) in [6.07, 6.45) is 4.65. The van der Waals surface area contributed by atoms with E-state index in [9.17, 15) is 9.59 Å². The summed E-state index contributed by atoms with van der Waals surface area (Å²) in [6, 6.07) is 22.8. The van der Waals surface area contributed by atoms with Crippen LogP contribution in [0, 0.1) is 5.92 Å². The van der Waals surface area contributed by atoms with Gasteiger partial charge in [-0.2, -0.15) is 5.10 Å². The number of nitrogens with zero attached hydrogens (tertiary/aromatic N) is 5. The third kappa shape index (κ3) is 5.41. The zero-order valence-electron chi connectivity index (χ0n) is 19.7. The Morgan fingerprint density at radius 3 is 2.28 bits per heavy atom. The van der Waals surface area contributed by atoms with Gasteiger partial charge in [-0.25, -0.2) is 14.6 Å². The van der Waals surface area contributed by atoms with Crippen molar-refractivity contribution < 1.29 is 14.3 Å². The molecule has 1 amide bonds. The molecule has 1 N–H and O–H groups in total. The number of aromatic nitrogens is 4. The lowest BCUT2D eigenvalue weighted by Crippen LogP contribution is -2.38. The average molecular weight is 483 g/mol. The lowest BCUT2D eigenvalue weighted by atomic mass is 9.97. The highest BCUT2D eigenvalue weighted by Crippen LogP contribution is 2.25. The van der Waals surface area contributed by atoms with Crippen LogP contribution in [0.2, 0.25) is 0 Å². The molecule has 182 valence electrons. The molecule has 0 spiro atoms. The summed E-state index contributed by atoms with van der Waals surface area (Å²) < 4.78 is 7.03. The van der Waals surface area contributed by atoms with Gasteiger partial charge >= 0.3 is 5.97 Å². The van der Waals surface area contributed by atoms with Gasteiger partial charge in [0.2, 0.25) is 5.95 Å². The van der Waals surface area contributed by atoms with E-state index in [0.29, 0.717) is 37.7 Å². The highest BCUT2D eigenvalue weighted by Gasteiger charge is 2.27. The molecular formula is C27H26N6O3. The molecule has 0 radical (unpaired) electrons. The van der Waals surface area contributed by atoms with Crippen LogP contribution in [0.4, 0.5) is 11.8 Å². The topological polar surface area (TPSA) is 102 Å². The maximum Gasteiger partial charge on any atom is 0.309 e. The number of anilines is 2. The first-order chi connectivity index (χ1) is 17.7. The molecule has 0 unspecified atom stereocenters. The van der Waals surface area contributed by atoms with Crippen molar-refractivity contribution in [2.45, 2.75) is 12.8 Å². The average Bonchev–Trinajstić information content (AvgIpc) is 3.37. The zero-order valence-corrected chi connectivity index (χ0v) is 19.7. The van der Waals surface area contributed by atoms with E-state index >= 15 is 0 Å². The van der Waals surface area contributed by atoms with Crippen LogP contribution in [-0.2, 0) is 14.3 Å². The number of esters is 1. The summed E-state index contributed by atoms with van der Waals surface area (Å²) in [6.45, 7) is 0.963. The van der Waals surface area contributed by atoms with Gasteiger partial charge in [0.05, 0.1) is 17.3 Å². The van der Waals surface area contributed by atoms with Crippen LogP contribution in [0.15, 0.2) is 85.2 Å². The Kier molecular flexibility index (Phi) is 6.98. The number of hydrogen-bond donors (Lipinski definition) is 1. The second kappa shape index (κ2) is 10.8. The fraction of sp³-hybridized carbons (Fsp3) is 0.222. The van der Waals surface area contributed by atoms with Crippen LogP contribution in [0.25, 0.3) is 16.9 Å². The lowest BCUT2D eigenvalue weighted by molar-refractivity contribution is -0.152. The van der Waals surface area contributed by atoms with Crippen molar-refractivity contribution in [2.24, 2.45) is 5.92 Å². The van der Waals surface area contributed by atoms with Crippen molar-refractivity contribution >= 4 is 23.6 Å². The number of carbonyl (C=O) groups is 2. The van der Waals surface area contributed by atoms with Gasteiger partial charge in [0.25, 0.3) is 5.91 Å². The Labute approximate surface area is 208 Å². The molecule has 1 fully saturated rings. The summed E-state index contributed by atoms with van der Waals surface area (Å²) in [4.78, 5) is 35.9. The van der Waals surface area contributed by atoms with Gasteiger partial charge in [0.15, 0.2) is 6.61 Å². The van der Waals surface area contributed by atoms with E-state index in [1.54, 1.807) is 23.1 Å². The summed E-state index contributed by atoms with van der Waals surface area (Å²) in [5, 5.41) is 7.53. The number of rotatable bonds is 7. The van der Waals surface area contributed by atoms with Gasteiger partial charge in [-0.05, 0) is 31.0 Å². The van der Waals surface area contributed by atoms with Crippen LogP contribution >= 0.6 is 0 Å². The molecule has 36 heavy (non-hydrogen) atoms. The predicted molar refractivity (Wildman–Crippen MR) is 136 cm³/mol. The largest absolute Gasteiger partial charge is 0.455 e. The highest BCUT2D eigenvalue weighted by molar-refractivity contribution is 5.93. The number of ether oxygens (including phenoxy) is 1. The van der Waals surface area contributed by atoms with Crippen LogP contribution in [0.5, 0.6) is 0 Å². The van der Waals surface area contributed by atoms with Crippen LogP contribution in [0.3, 0.4) is 0 Å². The standard InChI is InChI=1S/C27H26N6O3/c34-25(19-36-26(35)21-12-16-32(17-13-21)27-28-14-7-15-29-27)30-24-18-23(20-8-3-1-4-9-20)31-33(24)22-10-5-2-6-11-22/h1-11,14-15,18,21H,12-13,16-17,19H2,(H,30,34). The third-order valence-electron chi connectivity index (χ3n) is 6.06. The number of carbonyl (C=O) groups excluding carboxylic acids is 2. The van der Waals surface area contributed by atoms with Gasteiger partial charge < -0.3 is 15.0 Å². The van der Waals surface area contributed by atoms with Crippen molar-refractivity contribution in [3.05, 3.63) is 85.2 Å². The first kappa shape index (κ1) is 23.2. The molecule has 0 bridgehead atoms. The molecule has 1 saturated heterocycles. The Morgan fingerprint density at radius 1 is 0.917 bits per heavy atom. The monoisotopic (exact) mass is 482 g/mol. The minimum absolute atomic E-state index is 0.253. The SMILES string of the molecule is O=C(COC(=O)C1CCN(c2ncccn2)CC1)Nc1cc(-c2ccccc2)nn1-c1ccccc1. The van der Waals surface area contributed by atoms with Crippen LogP contribution < -0.4 is 10.2 Å². The van der Waals surface area contributed by atoms with Crippen molar-refractivity contribution in [1.82, 2.24) is 19.7 Å². The molecule has 0 atom stereocenters. The molecule has 2 aromatic heterocycles. The third-order valence-corrected chi connectivity index (χ3v) is 6.06. The summed E-state index contributed by atoms with van der Waals surface area (Å²) in [5.41, 5.74) is 2.46. The molecule has 2 aromatic carbocycles. The highest BCUT2D eigenvalue weighted by atomic mass is 16.5. The number of amides is 1. The van der Waals surface area contributed by atoms with E-state index in [0.717, 1.165) is 16.9 Å². The first-order valence-corrected chi connectivity index (χ1v) is 11.9. The molecule has 1 aliphatic heterocycles. The zero-order chi connectivity index (χ0) is 24.7. The molecule has 0 aliphatic carbocycles. The summed E-state index contributed by atoms with van der Waals surface area (Å²) in [7, 11) is 0. The quantitative estimate of drug-likeness (QED) is 0.401. The van der Waals surface area contributed by atoms with Crippen LogP contribution in [-0.4, -0.2) is 51.3 Å². The van der Waals surface area contributed by atoms with Gasteiger partial charge in [-0.1, -0.05) is 48.5 Å². The molecule has 0 saturated carbocycles. The van der Waals surface area contributed by atoms with Crippen molar-refractivity contribution in [3.8, 4) is 16.9 Å². The molecule has 9 heteroatoms. The predicted octanol–water partition coefficient (Wildman–Crippen LogP) is 3.73. The van der Waals surface area contributed by atoms with E-state index in [2.05, 4.69) is 20.4 Å². The molecule has 5 rings (SSSR count). The maximum absolute atomic E-state index is 12.7.